The molecule has 0 amide bonds. The van der Waals surface area contributed by atoms with E-state index in [-0.39, 0.29) is 0 Å². The van der Waals surface area contributed by atoms with E-state index >= 15 is 0 Å². The number of nitrogens with zero attached hydrogens (tertiary/aromatic N) is 2. The highest BCUT2D eigenvalue weighted by Crippen LogP contribution is 2.27. The Morgan fingerprint density at radius 2 is 1.00 bits per heavy atom. The van der Waals surface area contributed by atoms with Crippen molar-refractivity contribution >= 4 is 22.4 Å². The van der Waals surface area contributed by atoms with Crippen LogP contribution >= 0.6 is 0 Å². The maximum absolute atomic E-state index is 5.21. The molecule has 4 rings (SSSR count). The molecule has 0 aliphatic heterocycles. The third kappa shape index (κ3) is 4.43. The van der Waals surface area contributed by atoms with Gasteiger partial charge in [-0.15, -0.1) is 10.2 Å². The molecule has 0 bridgehead atoms. The third-order valence-electron chi connectivity index (χ3n) is 4.93. The molecule has 0 radical (unpaired) electrons. The van der Waals surface area contributed by atoms with Crippen LogP contribution in [0.25, 0.3) is 10.8 Å². The second-order valence-corrected chi connectivity index (χ2v) is 6.85. The zero-order valence-corrected chi connectivity index (χ0v) is 17.1. The van der Waals surface area contributed by atoms with E-state index in [0.29, 0.717) is 13.1 Å². The number of nitrogens with one attached hydrogen (secondary N) is 2. The first kappa shape index (κ1) is 19.5. The average Bonchev–Trinajstić information content (AvgIpc) is 2.82. The fourth-order valence-corrected chi connectivity index (χ4v) is 3.22. The van der Waals surface area contributed by atoms with Gasteiger partial charge in [-0.2, -0.15) is 0 Å². The van der Waals surface area contributed by atoms with Crippen molar-refractivity contribution in [2.75, 3.05) is 24.9 Å². The Labute approximate surface area is 175 Å². The lowest BCUT2D eigenvalue weighted by molar-refractivity contribution is 0.414. The van der Waals surface area contributed by atoms with Crippen LogP contribution in [0.1, 0.15) is 11.1 Å². The molecular formula is C24H24N4O2. The highest BCUT2D eigenvalue weighted by atomic mass is 16.5. The van der Waals surface area contributed by atoms with Crippen LogP contribution in [0.15, 0.2) is 72.8 Å². The fourth-order valence-electron chi connectivity index (χ4n) is 3.22. The van der Waals surface area contributed by atoms with E-state index < -0.39 is 0 Å². The predicted molar refractivity (Wildman–Crippen MR) is 120 cm³/mol. The van der Waals surface area contributed by atoms with Crippen molar-refractivity contribution in [1.82, 2.24) is 10.2 Å². The van der Waals surface area contributed by atoms with Gasteiger partial charge >= 0.3 is 0 Å². The number of hydrogen-bond acceptors (Lipinski definition) is 6. The normalized spacial score (nSPS) is 10.6. The summed E-state index contributed by atoms with van der Waals surface area (Å²) >= 11 is 0. The Morgan fingerprint density at radius 1 is 0.600 bits per heavy atom. The van der Waals surface area contributed by atoms with Gasteiger partial charge < -0.3 is 20.1 Å². The van der Waals surface area contributed by atoms with Gasteiger partial charge in [0.05, 0.1) is 14.2 Å². The van der Waals surface area contributed by atoms with Crippen LogP contribution in [0.3, 0.4) is 0 Å². The molecule has 3 aromatic carbocycles. The van der Waals surface area contributed by atoms with E-state index in [4.69, 9.17) is 9.47 Å². The number of ether oxygens (including phenoxy) is 2. The minimum atomic E-state index is 0.654. The monoisotopic (exact) mass is 400 g/mol. The zero-order valence-electron chi connectivity index (χ0n) is 17.1. The molecule has 0 spiro atoms. The van der Waals surface area contributed by atoms with E-state index in [1.165, 1.54) is 0 Å². The van der Waals surface area contributed by atoms with E-state index in [0.717, 1.165) is 45.0 Å². The SMILES string of the molecule is COc1ccc(CNc2nnc(NCc3ccc(OC)cc3)c3ccccc23)cc1. The summed E-state index contributed by atoms with van der Waals surface area (Å²) in [4.78, 5) is 0. The highest BCUT2D eigenvalue weighted by molar-refractivity contribution is 5.98. The Morgan fingerprint density at radius 3 is 1.37 bits per heavy atom. The molecule has 6 heteroatoms. The van der Waals surface area contributed by atoms with E-state index in [2.05, 4.69) is 33.0 Å². The molecule has 0 aliphatic rings. The van der Waals surface area contributed by atoms with Crippen molar-refractivity contribution in [2.45, 2.75) is 13.1 Å². The Hall–Kier alpha value is -3.80. The van der Waals surface area contributed by atoms with Crippen molar-refractivity contribution in [2.24, 2.45) is 0 Å². The Balaban J connectivity index is 1.50. The van der Waals surface area contributed by atoms with Crippen LogP contribution in [0.5, 0.6) is 11.5 Å². The lowest BCUT2D eigenvalue weighted by Gasteiger charge is -2.13. The summed E-state index contributed by atoms with van der Waals surface area (Å²) in [7, 11) is 3.33. The summed E-state index contributed by atoms with van der Waals surface area (Å²) in [5.74, 6) is 3.21. The minimum Gasteiger partial charge on any atom is -0.497 e. The first-order valence-corrected chi connectivity index (χ1v) is 9.76. The first-order chi connectivity index (χ1) is 14.8. The first-order valence-electron chi connectivity index (χ1n) is 9.76. The number of anilines is 2. The van der Waals surface area contributed by atoms with Crippen molar-refractivity contribution in [1.29, 1.82) is 0 Å². The van der Waals surface area contributed by atoms with Gasteiger partial charge in [0.2, 0.25) is 0 Å². The number of methoxy groups -OCH3 is 2. The maximum Gasteiger partial charge on any atom is 0.157 e. The topological polar surface area (TPSA) is 68.3 Å². The smallest absolute Gasteiger partial charge is 0.157 e. The van der Waals surface area contributed by atoms with Gasteiger partial charge in [0.25, 0.3) is 0 Å². The molecule has 6 nitrogen and oxygen atoms in total. The number of fused-ring (bicyclic) bond motifs is 1. The molecule has 0 unspecified atom stereocenters. The second kappa shape index (κ2) is 9.13. The third-order valence-corrected chi connectivity index (χ3v) is 4.93. The quantitative estimate of drug-likeness (QED) is 0.440. The molecule has 0 saturated heterocycles. The van der Waals surface area contributed by atoms with Crippen LogP contribution in [-0.2, 0) is 13.1 Å². The van der Waals surface area contributed by atoms with E-state index in [1.807, 2.05) is 60.7 Å². The second-order valence-electron chi connectivity index (χ2n) is 6.85. The molecule has 2 N–H and O–H groups in total. The number of aromatic nitrogens is 2. The minimum absolute atomic E-state index is 0.654. The van der Waals surface area contributed by atoms with Gasteiger partial charge in [0.15, 0.2) is 11.6 Å². The number of benzene rings is 3. The standard InChI is InChI=1S/C24H24N4O2/c1-29-19-11-7-17(8-12-19)15-25-23-21-5-3-4-6-22(21)24(28-27-23)26-16-18-9-13-20(30-2)14-10-18/h3-14H,15-16H2,1-2H3,(H,25,27)(H,26,28). The fraction of sp³-hybridized carbons (Fsp3) is 0.167. The van der Waals surface area contributed by atoms with Gasteiger partial charge in [-0.05, 0) is 35.4 Å². The molecule has 4 aromatic rings. The summed E-state index contributed by atoms with van der Waals surface area (Å²) in [5.41, 5.74) is 2.28. The number of rotatable bonds is 8. The van der Waals surface area contributed by atoms with Gasteiger partial charge in [-0.3, -0.25) is 0 Å². The lowest BCUT2D eigenvalue weighted by atomic mass is 10.1. The van der Waals surface area contributed by atoms with Gasteiger partial charge in [0.1, 0.15) is 11.5 Å². The highest BCUT2D eigenvalue weighted by Gasteiger charge is 2.09. The summed E-state index contributed by atoms with van der Waals surface area (Å²) in [6.07, 6.45) is 0. The zero-order chi connectivity index (χ0) is 20.8. The number of hydrogen-bond donors (Lipinski definition) is 2. The van der Waals surface area contributed by atoms with Crippen LogP contribution < -0.4 is 20.1 Å². The van der Waals surface area contributed by atoms with Crippen LogP contribution in [0.4, 0.5) is 11.6 Å². The largest absolute Gasteiger partial charge is 0.497 e. The Bertz CT molecular complexity index is 1020. The molecule has 0 atom stereocenters. The van der Waals surface area contributed by atoms with Gasteiger partial charge in [0, 0.05) is 23.9 Å². The molecule has 0 saturated carbocycles. The van der Waals surface area contributed by atoms with Gasteiger partial charge in [-0.25, -0.2) is 0 Å². The molecule has 1 heterocycles. The van der Waals surface area contributed by atoms with E-state index in [9.17, 15) is 0 Å². The van der Waals surface area contributed by atoms with Crippen molar-refractivity contribution in [3.8, 4) is 11.5 Å². The summed E-state index contributed by atoms with van der Waals surface area (Å²) < 4.78 is 10.4. The summed E-state index contributed by atoms with van der Waals surface area (Å²) in [6.45, 7) is 1.31. The van der Waals surface area contributed by atoms with Crippen LogP contribution in [0.2, 0.25) is 0 Å². The summed E-state index contributed by atoms with van der Waals surface area (Å²) in [5, 5.41) is 17.7. The van der Waals surface area contributed by atoms with Crippen LogP contribution in [-0.4, -0.2) is 24.4 Å². The molecule has 152 valence electrons. The van der Waals surface area contributed by atoms with Crippen molar-refractivity contribution in [3.63, 3.8) is 0 Å². The lowest BCUT2D eigenvalue weighted by Crippen LogP contribution is -2.07. The van der Waals surface area contributed by atoms with E-state index in [1.54, 1.807) is 14.2 Å². The molecule has 0 fully saturated rings. The predicted octanol–water partition coefficient (Wildman–Crippen LogP) is 4.87. The summed E-state index contributed by atoms with van der Waals surface area (Å²) in [6, 6.07) is 24.1. The molecule has 30 heavy (non-hydrogen) atoms. The molecular weight excluding hydrogens is 376 g/mol. The van der Waals surface area contributed by atoms with Crippen LogP contribution in [0, 0.1) is 0 Å². The average molecular weight is 400 g/mol. The van der Waals surface area contributed by atoms with Crippen molar-refractivity contribution in [3.05, 3.63) is 83.9 Å². The Kier molecular flexibility index (Phi) is 5.94. The van der Waals surface area contributed by atoms with Crippen molar-refractivity contribution < 1.29 is 9.47 Å². The maximum atomic E-state index is 5.21. The van der Waals surface area contributed by atoms with Gasteiger partial charge in [-0.1, -0.05) is 48.5 Å². The molecule has 0 aliphatic carbocycles. The molecule has 1 aromatic heterocycles.